The van der Waals surface area contributed by atoms with Crippen molar-refractivity contribution in [3.8, 4) is 5.75 Å². The second-order valence-corrected chi connectivity index (χ2v) is 3.97. The fourth-order valence-corrected chi connectivity index (χ4v) is 1.65. The first kappa shape index (κ1) is 13.6. The summed E-state index contributed by atoms with van der Waals surface area (Å²) in [5.41, 5.74) is 0.808. The van der Waals surface area contributed by atoms with Gasteiger partial charge in [0.05, 0.1) is 24.6 Å². The maximum absolute atomic E-state index is 12.0. The summed E-state index contributed by atoms with van der Waals surface area (Å²) in [6, 6.07) is 6.99. The monoisotopic (exact) mass is 275 g/mol. The number of carboxylic acid groups (broad SMARTS) is 1. The average molecular weight is 275 g/mol. The number of nitrogens with one attached hydrogen (secondary N) is 1. The lowest BCUT2D eigenvalue weighted by molar-refractivity contribution is -0.137. The van der Waals surface area contributed by atoms with Gasteiger partial charge in [0.15, 0.2) is 0 Å². The molecule has 2 aromatic rings. The summed E-state index contributed by atoms with van der Waals surface area (Å²) in [4.78, 5) is 22.6. The lowest BCUT2D eigenvalue weighted by Gasteiger charge is -2.08. The third kappa shape index (κ3) is 3.14. The molecule has 1 heterocycles. The smallest absolute Gasteiger partial charge is 0.325 e. The first-order valence-electron chi connectivity index (χ1n) is 5.79. The molecule has 2 N–H and O–H groups in total. The average Bonchev–Trinajstić information content (AvgIpc) is 2.87. The Balaban J connectivity index is 2.12. The number of anilines is 1. The SMILES string of the molecule is COc1ccccc1NC(=O)c1cnn(CC(=O)O)c1. The van der Waals surface area contributed by atoms with Crippen molar-refractivity contribution in [2.24, 2.45) is 0 Å². The van der Waals surface area contributed by atoms with Crippen LogP contribution >= 0.6 is 0 Å². The van der Waals surface area contributed by atoms with Crippen molar-refractivity contribution >= 4 is 17.6 Å². The van der Waals surface area contributed by atoms with Gasteiger partial charge in [0, 0.05) is 6.20 Å². The van der Waals surface area contributed by atoms with E-state index in [1.165, 1.54) is 24.2 Å². The molecule has 0 spiro atoms. The standard InChI is InChI=1S/C13H13N3O4/c1-20-11-5-3-2-4-10(11)15-13(19)9-6-14-16(7-9)8-12(17)18/h2-7H,8H2,1H3,(H,15,19)(H,17,18). The van der Waals surface area contributed by atoms with Gasteiger partial charge in [-0.3, -0.25) is 14.3 Å². The highest BCUT2D eigenvalue weighted by Crippen LogP contribution is 2.23. The van der Waals surface area contributed by atoms with E-state index in [-0.39, 0.29) is 18.0 Å². The van der Waals surface area contributed by atoms with Crippen molar-refractivity contribution in [2.75, 3.05) is 12.4 Å². The molecule has 0 fully saturated rings. The molecule has 0 bridgehead atoms. The molecule has 0 aliphatic rings. The molecule has 0 aliphatic carbocycles. The number of carboxylic acids is 1. The molecule has 0 saturated carbocycles. The third-order valence-corrected chi connectivity index (χ3v) is 2.55. The Morgan fingerprint density at radius 3 is 2.85 bits per heavy atom. The predicted octanol–water partition coefficient (Wildman–Crippen LogP) is 1.23. The van der Waals surface area contributed by atoms with Crippen molar-refractivity contribution in [2.45, 2.75) is 6.54 Å². The summed E-state index contributed by atoms with van der Waals surface area (Å²) in [6.07, 6.45) is 2.69. The topological polar surface area (TPSA) is 93.5 Å². The number of hydrogen-bond acceptors (Lipinski definition) is 4. The van der Waals surface area contributed by atoms with E-state index >= 15 is 0 Å². The van der Waals surface area contributed by atoms with Crippen LogP contribution in [0.25, 0.3) is 0 Å². The summed E-state index contributed by atoms with van der Waals surface area (Å²) in [5.74, 6) is -0.866. The molecule has 1 aromatic heterocycles. The van der Waals surface area contributed by atoms with Crippen LogP contribution in [0.4, 0.5) is 5.69 Å². The number of ether oxygens (including phenoxy) is 1. The number of rotatable bonds is 5. The molecule has 0 saturated heterocycles. The Bertz CT molecular complexity index is 636. The van der Waals surface area contributed by atoms with Gasteiger partial charge in [0.1, 0.15) is 12.3 Å². The van der Waals surface area contributed by atoms with E-state index in [9.17, 15) is 9.59 Å². The molecular weight excluding hydrogens is 262 g/mol. The zero-order chi connectivity index (χ0) is 14.5. The van der Waals surface area contributed by atoms with Crippen molar-refractivity contribution in [1.29, 1.82) is 0 Å². The van der Waals surface area contributed by atoms with E-state index in [0.717, 1.165) is 0 Å². The minimum absolute atomic E-state index is 0.275. The lowest BCUT2D eigenvalue weighted by Crippen LogP contribution is -2.12. The highest BCUT2D eigenvalue weighted by atomic mass is 16.5. The molecular formula is C13H13N3O4. The Hall–Kier alpha value is -2.83. The molecule has 20 heavy (non-hydrogen) atoms. The molecule has 104 valence electrons. The highest BCUT2D eigenvalue weighted by molar-refractivity contribution is 6.04. The summed E-state index contributed by atoms with van der Waals surface area (Å²) < 4.78 is 6.31. The minimum atomic E-state index is -1.02. The molecule has 0 unspecified atom stereocenters. The summed E-state index contributed by atoms with van der Waals surface area (Å²) in [5, 5.41) is 15.1. The maximum Gasteiger partial charge on any atom is 0.325 e. The highest BCUT2D eigenvalue weighted by Gasteiger charge is 2.12. The summed E-state index contributed by atoms with van der Waals surface area (Å²) in [6.45, 7) is -0.290. The van der Waals surface area contributed by atoms with Gasteiger partial charge in [-0.05, 0) is 12.1 Å². The van der Waals surface area contributed by atoms with Crippen molar-refractivity contribution in [1.82, 2.24) is 9.78 Å². The van der Waals surface area contributed by atoms with Gasteiger partial charge in [-0.2, -0.15) is 5.10 Å². The van der Waals surface area contributed by atoms with Crippen molar-refractivity contribution < 1.29 is 19.4 Å². The van der Waals surface area contributed by atoms with Gasteiger partial charge in [-0.15, -0.1) is 0 Å². The number of carbonyl (C=O) groups is 2. The lowest BCUT2D eigenvalue weighted by atomic mass is 10.2. The number of methoxy groups -OCH3 is 1. The molecule has 0 radical (unpaired) electrons. The number of amides is 1. The summed E-state index contributed by atoms with van der Waals surface area (Å²) in [7, 11) is 1.51. The van der Waals surface area contributed by atoms with Crippen LogP contribution in [0.2, 0.25) is 0 Å². The van der Waals surface area contributed by atoms with Crippen molar-refractivity contribution in [3.05, 3.63) is 42.2 Å². The molecule has 2 rings (SSSR count). The van der Waals surface area contributed by atoms with Gasteiger partial charge < -0.3 is 15.2 Å². The van der Waals surface area contributed by atoms with Gasteiger partial charge in [-0.1, -0.05) is 12.1 Å². The fourth-order valence-electron chi connectivity index (χ4n) is 1.65. The quantitative estimate of drug-likeness (QED) is 0.856. The minimum Gasteiger partial charge on any atom is -0.495 e. The number of para-hydroxylation sites is 2. The summed E-state index contributed by atoms with van der Waals surface area (Å²) >= 11 is 0. The second-order valence-electron chi connectivity index (χ2n) is 3.97. The van der Waals surface area contributed by atoms with Crippen LogP contribution in [-0.2, 0) is 11.3 Å². The van der Waals surface area contributed by atoms with Crippen LogP contribution in [-0.4, -0.2) is 33.9 Å². The van der Waals surface area contributed by atoms with E-state index in [2.05, 4.69) is 10.4 Å². The van der Waals surface area contributed by atoms with Crippen LogP contribution in [0.5, 0.6) is 5.75 Å². The van der Waals surface area contributed by atoms with Crippen LogP contribution in [0.15, 0.2) is 36.7 Å². The predicted molar refractivity (Wildman–Crippen MR) is 70.8 cm³/mol. The Labute approximate surface area is 114 Å². The Morgan fingerprint density at radius 1 is 1.40 bits per heavy atom. The number of carbonyl (C=O) groups excluding carboxylic acids is 1. The second kappa shape index (κ2) is 5.87. The Kier molecular flexibility index (Phi) is 3.99. The molecule has 1 amide bonds. The first-order chi connectivity index (χ1) is 9.60. The number of hydrogen-bond donors (Lipinski definition) is 2. The van der Waals surface area contributed by atoms with Crippen molar-refractivity contribution in [3.63, 3.8) is 0 Å². The molecule has 0 atom stereocenters. The van der Waals surface area contributed by atoms with E-state index < -0.39 is 5.97 Å². The van der Waals surface area contributed by atoms with Gasteiger partial charge >= 0.3 is 5.97 Å². The van der Waals surface area contributed by atoms with E-state index in [4.69, 9.17) is 9.84 Å². The van der Waals surface area contributed by atoms with E-state index in [1.807, 2.05) is 0 Å². The van der Waals surface area contributed by atoms with Crippen LogP contribution in [0, 0.1) is 0 Å². The van der Waals surface area contributed by atoms with Crippen LogP contribution in [0.1, 0.15) is 10.4 Å². The third-order valence-electron chi connectivity index (χ3n) is 2.55. The fraction of sp³-hybridized carbons (Fsp3) is 0.154. The van der Waals surface area contributed by atoms with E-state index in [0.29, 0.717) is 11.4 Å². The number of aromatic nitrogens is 2. The zero-order valence-electron chi connectivity index (χ0n) is 10.7. The van der Waals surface area contributed by atoms with Crippen LogP contribution < -0.4 is 10.1 Å². The first-order valence-corrected chi connectivity index (χ1v) is 5.79. The molecule has 7 heteroatoms. The number of aliphatic carboxylic acids is 1. The maximum atomic E-state index is 12.0. The molecule has 0 aliphatic heterocycles. The molecule has 1 aromatic carbocycles. The number of nitrogens with zero attached hydrogens (tertiary/aromatic N) is 2. The van der Waals surface area contributed by atoms with Gasteiger partial charge in [0.25, 0.3) is 5.91 Å². The van der Waals surface area contributed by atoms with E-state index in [1.54, 1.807) is 24.3 Å². The largest absolute Gasteiger partial charge is 0.495 e. The normalized spacial score (nSPS) is 10.1. The van der Waals surface area contributed by atoms with Gasteiger partial charge in [0.2, 0.25) is 0 Å². The zero-order valence-corrected chi connectivity index (χ0v) is 10.7. The van der Waals surface area contributed by atoms with Crippen LogP contribution in [0.3, 0.4) is 0 Å². The molecule has 7 nitrogen and oxygen atoms in total. The van der Waals surface area contributed by atoms with Gasteiger partial charge in [-0.25, -0.2) is 0 Å². The Morgan fingerprint density at radius 2 is 2.15 bits per heavy atom. The number of benzene rings is 1.